The summed E-state index contributed by atoms with van der Waals surface area (Å²) in [6.07, 6.45) is 3.05. The third kappa shape index (κ3) is 2.45. The van der Waals surface area contributed by atoms with E-state index in [0.717, 1.165) is 5.39 Å². The molecule has 0 unspecified atom stereocenters. The van der Waals surface area contributed by atoms with Crippen LogP contribution >= 0.6 is 11.6 Å². The number of aromatic nitrogens is 2. The van der Waals surface area contributed by atoms with E-state index in [4.69, 9.17) is 27.3 Å². The van der Waals surface area contributed by atoms with Gasteiger partial charge in [0.05, 0.1) is 16.3 Å². The first-order chi connectivity index (χ1) is 10.2. The number of rotatable bonds is 2. The fourth-order valence-corrected chi connectivity index (χ4v) is 2.13. The summed E-state index contributed by atoms with van der Waals surface area (Å²) in [7, 11) is 0. The van der Waals surface area contributed by atoms with Crippen molar-refractivity contribution in [3.63, 3.8) is 0 Å². The maximum Gasteiger partial charge on any atom is 0.242 e. The maximum atomic E-state index is 8.80. The molecule has 0 bridgehead atoms. The summed E-state index contributed by atoms with van der Waals surface area (Å²) in [6, 6.07) is 10.6. The number of nitriles is 1. The largest absolute Gasteiger partial charge is 0.435 e. The Morgan fingerprint density at radius 3 is 2.86 bits per heavy atom. The third-order valence-electron chi connectivity index (χ3n) is 2.89. The standard InChI is InChI=1S/C15H9ClN4O/c16-11-3-4-13(14-10(11)2-1-5-19-14)21-15-12(18)6-9(7-17)8-20-15/h1-6,8H,18H2. The minimum atomic E-state index is 0.225. The predicted molar refractivity (Wildman–Crippen MR) is 80.2 cm³/mol. The number of anilines is 1. The highest BCUT2D eigenvalue weighted by atomic mass is 35.5. The molecular weight excluding hydrogens is 288 g/mol. The predicted octanol–water partition coefficient (Wildman–Crippen LogP) is 3.53. The number of nitrogen functional groups attached to an aromatic ring is 1. The molecule has 2 aromatic heterocycles. The van der Waals surface area contributed by atoms with Crippen molar-refractivity contribution in [1.82, 2.24) is 9.97 Å². The molecule has 2 heterocycles. The first-order valence-electron chi connectivity index (χ1n) is 6.06. The Hall–Kier alpha value is -2.84. The van der Waals surface area contributed by atoms with Crippen LogP contribution in [0.3, 0.4) is 0 Å². The van der Waals surface area contributed by atoms with E-state index in [0.29, 0.717) is 21.9 Å². The van der Waals surface area contributed by atoms with Gasteiger partial charge in [-0.1, -0.05) is 11.6 Å². The monoisotopic (exact) mass is 296 g/mol. The van der Waals surface area contributed by atoms with Crippen LogP contribution < -0.4 is 10.5 Å². The molecule has 0 saturated carbocycles. The zero-order valence-corrected chi connectivity index (χ0v) is 11.5. The van der Waals surface area contributed by atoms with Gasteiger partial charge in [0, 0.05) is 17.8 Å². The Kier molecular flexibility index (Phi) is 3.30. The highest BCUT2D eigenvalue weighted by molar-refractivity contribution is 6.35. The van der Waals surface area contributed by atoms with E-state index >= 15 is 0 Å². The number of fused-ring (bicyclic) bond motifs is 1. The smallest absolute Gasteiger partial charge is 0.242 e. The molecule has 3 aromatic rings. The van der Waals surface area contributed by atoms with Crippen molar-refractivity contribution in [3.05, 3.63) is 53.3 Å². The summed E-state index contributed by atoms with van der Waals surface area (Å²) in [5.41, 5.74) is 7.11. The average molecular weight is 297 g/mol. The zero-order chi connectivity index (χ0) is 14.8. The van der Waals surface area contributed by atoms with E-state index in [1.54, 1.807) is 24.4 Å². The topological polar surface area (TPSA) is 84.8 Å². The second-order valence-electron chi connectivity index (χ2n) is 4.28. The van der Waals surface area contributed by atoms with Crippen LogP contribution in [-0.2, 0) is 0 Å². The van der Waals surface area contributed by atoms with E-state index in [-0.39, 0.29) is 11.6 Å². The molecule has 6 heteroatoms. The maximum absolute atomic E-state index is 8.80. The van der Waals surface area contributed by atoms with Crippen LogP contribution in [0.4, 0.5) is 5.69 Å². The van der Waals surface area contributed by atoms with Crippen molar-refractivity contribution in [2.24, 2.45) is 0 Å². The van der Waals surface area contributed by atoms with Crippen LogP contribution in [0, 0.1) is 11.3 Å². The lowest BCUT2D eigenvalue weighted by atomic mass is 10.2. The Morgan fingerprint density at radius 2 is 2.10 bits per heavy atom. The summed E-state index contributed by atoms with van der Waals surface area (Å²) in [5, 5.41) is 10.2. The van der Waals surface area contributed by atoms with Crippen LogP contribution in [-0.4, -0.2) is 9.97 Å². The molecule has 21 heavy (non-hydrogen) atoms. The first-order valence-corrected chi connectivity index (χ1v) is 6.43. The van der Waals surface area contributed by atoms with Crippen LogP contribution in [0.5, 0.6) is 11.6 Å². The van der Waals surface area contributed by atoms with Crippen molar-refractivity contribution >= 4 is 28.2 Å². The van der Waals surface area contributed by atoms with Gasteiger partial charge in [-0.3, -0.25) is 4.98 Å². The minimum Gasteiger partial charge on any atom is -0.435 e. The molecule has 0 spiro atoms. The van der Waals surface area contributed by atoms with Gasteiger partial charge in [0.25, 0.3) is 0 Å². The van der Waals surface area contributed by atoms with Gasteiger partial charge in [-0.15, -0.1) is 0 Å². The lowest BCUT2D eigenvalue weighted by Crippen LogP contribution is -1.97. The number of benzene rings is 1. The Balaban J connectivity index is 2.07. The van der Waals surface area contributed by atoms with Gasteiger partial charge in [-0.2, -0.15) is 5.26 Å². The summed E-state index contributed by atoms with van der Waals surface area (Å²) in [4.78, 5) is 8.31. The second-order valence-corrected chi connectivity index (χ2v) is 4.68. The van der Waals surface area contributed by atoms with Gasteiger partial charge in [0.1, 0.15) is 11.6 Å². The van der Waals surface area contributed by atoms with E-state index in [1.807, 2.05) is 12.1 Å². The molecule has 102 valence electrons. The Morgan fingerprint density at radius 1 is 1.24 bits per heavy atom. The van der Waals surface area contributed by atoms with Crippen molar-refractivity contribution in [3.8, 4) is 17.7 Å². The number of hydrogen-bond acceptors (Lipinski definition) is 5. The number of pyridine rings is 2. The van der Waals surface area contributed by atoms with Crippen molar-refractivity contribution in [1.29, 1.82) is 5.26 Å². The number of halogens is 1. The quantitative estimate of drug-likeness (QED) is 0.782. The van der Waals surface area contributed by atoms with Crippen molar-refractivity contribution in [2.75, 3.05) is 5.73 Å². The molecule has 0 aliphatic heterocycles. The molecule has 0 aliphatic rings. The normalized spacial score (nSPS) is 10.3. The molecular formula is C15H9ClN4O. The lowest BCUT2D eigenvalue weighted by molar-refractivity contribution is 0.470. The number of hydrogen-bond donors (Lipinski definition) is 1. The highest BCUT2D eigenvalue weighted by Gasteiger charge is 2.10. The fourth-order valence-electron chi connectivity index (χ4n) is 1.91. The van der Waals surface area contributed by atoms with Gasteiger partial charge in [0.15, 0.2) is 5.75 Å². The number of ether oxygens (including phenoxy) is 1. The average Bonchev–Trinajstić information content (AvgIpc) is 2.52. The number of nitrogens with two attached hydrogens (primary N) is 1. The van der Waals surface area contributed by atoms with Crippen molar-refractivity contribution in [2.45, 2.75) is 0 Å². The summed E-state index contributed by atoms with van der Waals surface area (Å²) >= 11 is 6.13. The molecule has 0 aliphatic carbocycles. The van der Waals surface area contributed by atoms with Crippen LogP contribution in [0.1, 0.15) is 5.56 Å². The van der Waals surface area contributed by atoms with Crippen LogP contribution in [0.15, 0.2) is 42.7 Å². The lowest BCUT2D eigenvalue weighted by Gasteiger charge is -2.10. The molecule has 5 nitrogen and oxygen atoms in total. The van der Waals surface area contributed by atoms with Crippen LogP contribution in [0.25, 0.3) is 10.9 Å². The van der Waals surface area contributed by atoms with Gasteiger partial charge < -0.3 is 10.5 Å². The van der Waals surface area contributed by atoms with Gasteiger partial charge in [-0.25, -0.2) is 4.98 Å². The van der Waals surface area contributed by atoms with E-state index in [9.17, 15) is 0 Å². The van der Waals surface area contributed by atoms with Gasteiger partial charge in [0.2, 0.25) is 5.88 Å². The number of nitrogens with zero attached hydrogens (tertiary/aromatic N) is 3. The SMILES string of the molecule is N#Cc1cnc(Oc2ccc(Cl)c3cccnc23)c(N)c1. The molecule has 2 N–H and O–H groups in total. The molecule has 0 radical (unpaired) electrons. The second kappa shape index (κ2) is 5.27. The molecule has 0 amide bonds. The van der Waals surface area contributed by atoms with Crippen LogP contribution in [0.2, 0.25) is 5.02 Å². The van der Waals surface area contributed by atoms with E-state index in [1.165, 1.54) is 12.3 Å². The van der Waals surface area contributed by atoms with Crippen molar-refractivity contribution < 1.29 is 4.74 Å². The molecule has 0 fully saturated rings. The molecule has 1 aromatic carbocycles. The molecule has 0 saturated heterocycles. The molecule has 3 rings (SSSR count). The van der Waals surface area contributed by atoms with Gasteiger partial charge >= 0.3 is 0 Å². The summed E-state index contributed by atoms with van der Waals surface area (Å²) in [5.74, 6) is 0.724. The zero-order valence-electron chi connectivity index (χ0n) is 10.7. The Bertz CT molecular complexity index is 873. The summed E-state index contributed by atoms with van der Waals surface area (Å²) < 4.78 is 5.71. The van der Waals surface area contributed by atoms with E-state index in [2.05, 4.69) is 9.97 Å². The highest BCUT2D eigenvalue weighted by Crippen LogP contribution is 2.33. The van der Waals surface area contributed by atoms with Gasteiger partial charge in [-0.05, 0) is 30.3 Å². The van der Waals surface area contributed by atoms with E-state index < -0.39 is 0 Å². The first kappa shape index (κ1) is 13.2. The molecule has 0 atom stereocenters. The fraction of sp³-hybridized carbons (Fsp3) is 0. The summed E-state index contributed by atoms with van der Waals surface area (Å²) in [6.45, 7) is 0. The minimum absolute atomic E-state index is 0.225. The Labute approximate surface area is 125 Å². The third-order valence-corrected chi connectivity index (χ3v) is 3.22.